The number of hydrogen-bond acceptors (Lipinski definition) is 3. The standard InChI is InChI=1S/C19H24ClN5/c1-14(2)12-25-19(20)18(15(3)23-25)11-22-10-16-4-6-17(7-5-16)24-9-8-21-13-24/h4-9,13-14,22H,10-12H2,1-3H3. The van der Waals surface area contributed by atoms with Crippen molar-refractivity contribution in [3.63, 3.8) is 0 Å². The molecule has 3 rings (SSSR count). The molecule has 0 aliphatic heterocycles. The summed E-state index contributed by atoms with van der Waals surface area (Å²) >= 11 is 6.49. The minimum atomic E-state index is 0.520. The molecule has 5 nitrogen and oxygen atoms in total. The number of benzene rings is 1. The van der Waals surface area contributed by atoms with Crippen LogP contribution >= 0.6 is 11.6 Å². The van der Waals surface area contributed by atoms with Gasteiger partial charge in [0.1, 0.15) is 5.15 Å². The third-order valence-corrected chi connectivity index (χ3v) is 4.51. The number of aromatic nitrogens is 4. The van der Waals surface area contributed by atoms with Gasteiger partial charge in [0, 0.05) is 43.3 Å². The zero-order valence-electron chi connectivity index (χ0n) is 14.9. The molecule has 132 valence electrons. The minimum absolute atomic E-state index is 0.520. The lowest BCUT2D eigenvalue weighted by molar-refractivity contribution is 0.481. The molecular weight excluding hydrogens is 334 g/mol. The Kier molecular flexibility index (Phi) is 5.56. The van der Waals surface area contributed by atoms with E-state index in [4.69, 9.17) is 11.6 Å². The number of aryl methyl sites for hydroxylation is 1. The van der Waals surface area contributed by atoms with Crippen LogP contribution in [0, 0.1) is 12.8 Å². The van der Waals surface area contributed by atoms with Gasteiger partial charge in [-0.1, -0.05) is 37.6 Å². The van der Waals surface area contributed by atoms with E-state index in [1.54, 1.807) is 12.5 Å². The van der Waals surface area contributed by atoms with Crippen molar-refractivity contribution in [1.82, 2.24) is 24.6 Å². The van der Waals surface area contributed by atoms with Crippen molar-refractivity contribution < 1.29 is 0 Å². The van der Waals surface area contributed by atoms with Gasteiger partial charge in [0.25, 0.3) is 0 Å². The average molecular weight is 358 g/mol. The summed E-state index contributed by atoms with van der Waals surface area (Å²) in [5, 5.41) is 8.76. The second-order valence-electron chi connectivity index (χ2n) is 6.67. The van der Waals surface area contributed by atoms with Crippen LogP contribution in [0.1, 0.15) is 30.7 Å². The van der Waals surface area contributed by atoms with Crippen LogP contribution in [0.25, 0.3) is 5.69 Å². The molecule has 6 heteroatoms. The van der Waals surface area contributed by atoms with Gasteiger partial charge < -0.3 is 9.88 Å². The van der Waals surface area contributed by atoms with Crippen molar-refractivity contribution in [1.29, 1.82) is 0 Å². The summed E-state index contributed by atoms with van der Waals surface area (Å²) in [7, 11) is 0. The Morgan fingerprint density at radius 1 is 1.16 bits per heavy atom. The van der Waals surface area contributed by atoms with Crippen LogP contribution in [0.15, 0.2) is 43.0 Å². The maximum atomic E-state index is 6.49. The fourth-order valence-corrected chi connectivity index (χ4v) is 3.10. The van der Waals surface area contributed by atoms with Crippen LogP contribution in [0.2, 0.25) is 5.15 Å². The van der Waals surface area contributed by atoms with E-state index in [0.29, 0.717) is 12.5 Å². The fourth-order valence-electron chi connectivity index (χ4n) is 2.79. The van der Waals surface area contributed by atoms with Gasteiger partial charge in [0.05, 0.1) is 12.0 Å². The molecule has 0 aliphatic carbocycles. The summed E-state index contributed by atoms with van der Waals surface area (Å²) in [6, 6.07) is 8.44. The van der Waals surface area contributed by atoms with Gasteiger partial charge in [0.2, 0.25) is 0 Å². The van der Waals surface area contributed by atoms with E-state index in [1.807, 2.05) is 22.4 Å². The maximum absolute atomic E-state index is 6.49. The van der Waals surface area contributed by atoms with E-state index in [0.717, 1.165) is 35.2 Å². The van der Waals surface area contributed by atoms with E-state index in [-0.39, 0.29) is 0 Å². The van der Waals surface area contributed by atoms with Gasteiger partial charge in [-0.15, -0.1) is 0 Å². The lowest BCUT2D eigenvalue weighted by atomic mass is 10.2. The summed E-state index contributed by atoms with van der Waals surface area (Å²) in [6.45, 7) is 8.69. The molecular formula is C19H24ClN5. The number of halogens is 1. The van der Waals surface area contributed by atoms with Gasteiger partial charge in [-0.25, -0.2) is 4.98 Å². The van der Waals surface area contributed by atoms with Crippen molar-refractivity contribution in [2.75, 3.05) is 0 Å². The van der Waals surface area contributed by atoms with Crippen LogP contribution in [0.4, 0.5) is 0 Å². The fraction of sp³-hybridized carbons (Fsp3) is 0.368. The predicted octanol–water partition coefficient (Wildman–Crippen LogP) is 3.98. The highest BCUT2D eigenvalue weighted by Crippen LogP contribution is 2.21. The molecule has 0 spiro atoms. The van der Waals surface area contributed by atoms with E-state index in [2.05, 4.69) is 53.5 Å². The SMILES string of the molecule is Cc1nn(CC(C)C)c(Cl)c1CNCc1ccc(-n2ccnc2)cc1. The molecule has 1 N–H and O–H groups in total. The first-order valence-electron chi connectivity index (χ1n) is 8.54. The summed E-state index contributed by atoms with van der Waals surface area (Å²) in [5.74, 6) is 0.520. The lowest BCUT2D eigenvalue weighted by Gasteiger charge is -2.08. The molecule has 3 aromatic rings. The summed E-state index contributed by atoms with van der Waals surface area (Å²) < 4.78 is 3.89. The molecule has 0 atom stereocenters. The molecule has 25 heavy (non-hydrogen) atoms. The topological polar surface area (TPSA) is 47.7 Å². The number of imidazole rings is 1. The summed E-state index contributed by atoms with van der Waals surface area (Å²) in [5.41, 5.74) is 4.41. The Balaban J connectivity index is 1.59. The van der Waals surface area contributed by atoms with E-state index >= 15 is 0 Å². The number of rotatable bonds is 7. The molecule has 0 bridgehead atoms. The maximum Gasteiger partial charge on any atom is 0.131 e. The van der Waals surface area contributed by atoms with Crippen LogP contribution < -0.4 is 5.32 Å². The Morgan fingerprint density at radius 2 is 1.92 bits per heavy atom. The van der Waals surface area contributed by atoms with E-state index in [9.17, 15) is 0 Å². The molecule has 0 saturated carbocycles. The van der Waals surface area contributed by atoms with Gasteiger partial charge in [0.15, 0.2) is 0 Å². The summed E-state index contributed by atoms with van der Waals surface area (Å²) in [6.07, 6.45) is 5.51. The third-order valence-electron chi connectivity index (χ3n) is 4.09. The minimum Gasteiger partial charge on any atom is -0.308 e. The Hall–Kier alpha value is -2.11. The number of nitrogens with zero attached hydrogens (tertiary/aromatic N) is 4. The van der Waals surface area contributed by atoms with Crippen LogP contribution in [0.3, 0.4) is 0 Å². The Bertz CT molecular complexity index is 803. The average Bonchev–Trinajstić information content (AvgIpc) is 3.19. The van der Waals surface area contributed by atoms with Crippen molar-refractivity contribution in [3.8, 4) is 5.69 Å². The van der Waals surface area contributed by atoms with Crippen LogP contribution in [-0.2, 0) is 19.6 Å². The molecule has 1 aromatic carbocycles. The molecule has 0 fully saturated rings. The van der Waals surface area contributed by atoms with Crippen molar-refractivity contribution >= 4 is 11.6 Å². The molecule has 0 amide bonds. The first-order chi connectivity index (χ1) is 12.0. The predicted molar refractivity (Wildman–Crippen MR) is 101 cm³/mol. The third kappa shape index (κ3) is 4.30. The van der Waals surface area contributed by atoms with Crippen molar-refractivity contribution in [2.24, 2.45) is 5.92 Å². The van der Waals surface area contributed by atoms with Crippen LogP contribution in [-0.4, -0.2) is 19.3 Å². The highest BCUT2D eigenvalue weighted by molar-refractivity contribution is 6.30. The van der Waals surface area contributed by atoms with Crippen molar-refractivity contribution in [2.45, 2.75) is 40.4 Å². The molecule has 2 aromatic heterocycles. The second-order valence-corrected chi connectivity index (χ2v) is 7.03. The lowest BCUT2D eigenvalue weighted by Crippen LogP contribution is -2.13. The zero-order chi connectivity index (χ0) is 17.8. The highest BCUT2D eigenvalue weighted by atomic mass is 35.5. The van der Waals surface area contributed by atoms with E-state index < -0.39 is 0 Å². The Labute approximate surface area is 153 Å². The summed E-state index contributed by atoms with van der Waals surface area (Å²) in [4.78, 5) is 4.07. The largest absolute Gasteiger partial charge is 0.308 e. The second kappa shape index (κ2) is 7.85. The molecule has 0 radical (unpaired) electrons. The first kappa shape index (κ1) is 17.7. The van der Waals surface area contributed by atoms with Gasteiger partial charge in [-0.05, 0) is 30.5 Å². The highest BCUT2D eigenvalue weighted by Gasteiger charge is 2.13. The molecule has 0 aliphatic rings. The molecule has 0 saturated heterocycles. The van der Waals surface area contributed by atoms with E-state index in [1.165, 1.54) is 5.56 Å². The van der Waals surface area contributed by atoms with Crippen molar-refractivity contribution in [3.05, 3.63) is 65.0 Å². The number of hydrogen-bond donors (Lipinski definition) is 1. The smallest absolute Gasteiger partial charge is 0.131 e. The van der Waals surface area contributed by atoms with Gasteiger partial charge in [-0.3, -0.25) is 4.68 Å². The first-order valence-corrected chi connectivity index (χ1v) is 8.92. The van der Waals surface area contributed by atoms with Crippen LogP contribution in [0.5, 0.6) is 0 Å². The zero-order valence-corrected chi connectivity index (χ0v) is 15.7. The normalized spacial score (nSPS) is 11.4. The molecule has 0 unspecified atom stereocenters. The molecule has 2 heterocycles. The number of nitrogens with one attached hydrogen (secondary N) is 1. The van der Waals surface area contributed by atoms with Gasteiger partial charge in [-0.2, -0.15) is 5.10 Å². The van der Waals surface area contributed by atoms with Gasteiger partial charge >= 0.3 is 0 Å². The monoisotopic (exact) mass is 357 g/mol. The quantitative estimate of drug-likeness (QED) is 0.695. The Morgan fingerprint density at radius 3 is 2.56 bits per heavy atom.